The molecular weight excluding hydrogens is 595 g/mol. The molecule has 1 N–H and O–H groups in total. The van der Waals surface area contributed by atoms with Gasteiger partial charge in [-0.1, -0.05) is 110 Å². The van der Waals surface area contributed by atoms with Crippen molar-refractivity contribution in [2.75, 3.05) is 19.8 Å². The molecule has 0 unspecified atom stereocenters. The maximum absolute atomic E-state index is 12.2. The molecule has 0 aromatic rings. The van der Waals surface area contributed by atoms with Gasteiger partial charge in [0.05, 0.1) is 14.4 Å². The molecular formula is C30H56NNa2O9P. The standard InChI is InChI=1S/C30H58NO9P.2Na/c1-3-4-5-6-7-8-9-10-11-13-17-20-23-30(34)40-28(26-39-41(35,36)37)25-38-29(33)22-19-16-14-12-15-18-21-24-31-27(2)32;;/h28H,3-26H2,1-2H3,(H,31,32)(H2,35,36,37);;/q;2*+1/p-2/t28-;;/m0../s1. The van der Waals surface area contributed by atoms with Crippen LogP contribution in [0.1, 0.15) is 149 Å². The van der Waals surface area contributed by atoms with Crippen molar-refractivity contribution in [1.29, 1.82) is 0 Å². The normalized spacial score (nSPS) is 11.6. The third-order valence-electron chi connectivity index (χ3n) is 6.81. The molecule has 43 heavy (non-hydrogen) atoms. The molecule has 0 saturated heterocycles. The molecule has 0 aliphatic rings. The van der Waals surface area contributed by atoms with E-state index in [0.29, 0.717) is 19.4 Å². The molecule has 0 spiro atoms. The van der Waals surface area contributed by atoms with E-state index in [-0.39, 0.29) is 84.5 Å². The van der Waals surface area contributed by atoms with Gasteiger partial charge < -0.3 is 33.7 Å². The summed E-state index contributed by atoms with van der Waals surface area (Å²) in [5.74, 6) is -1.03. The Bertz CT molecular complexity index is 726. The van der Waals surface area contributed by atoms with Crippen molar-refractivity contribution in [3.8, 4) is 0 Å². The Kier molecular flexibility index (Phi) is 37.7. The van der Waals surface area contributed by atoms with Gasteiger partial charge in [0.25, 0.3) is 0 Å². The first-order valence-corrected chi connectivity index (χ1v) is 17.4. The van der Waals surface area contributed by atoms with Gasteiger partial charge in [0.15, 0.2) is 6.10 Å². The maximum Gasteiger partial charge on any atom is 1.00 e. The molecule has 0 saturated carbocycles. The first-order chi connectivity index (χ1) is 19.6. The molecule has 0 aliphatic carbocycles. The van der Waals surface area contributed by atoms with Gasteiger partial charge in [-0.05, 0) is 19.3 Å². The predicted octanol–water partition coefficient (Wildman–Crippen LogP) is -0.357. The number of unbranched alkanes of at least 4 members (excludes halogenated alkanes) is 17. The Morgan fingerprint density at radius 1 is 0.651 bits per heavy atom. The molecule has 0 rings (SSSR count). The summed E-state index contributed by atoms with van der Waals surface area (Å²) in [5.41, 5.74) is 0. The third-order valence-corrected chi connectivity index (χ3v) is 7.28. The first-order valence-electron chi connectivity index (χ1n) is 15.9. The van der Waals surface area contributed by atoms with Crippen LogP contribution in [0, 0.1) is 0 Å². The van der Waals surface area contributed by atoms with Crippen LogP contribution in [0.4, 0.5) is 0 Å². The molecule has 1 amide bonds. The SMILES string of the molecule is CCCCCCCCCCCCCCC(=O)O[C@@H](COC(=O)CCCCCCCCCNC(C)=O)COP(=O)([O-])[O-].[Na+].[Na+]. The largest absolute Gasteiger partial charge is 1.00 e. The Labute approximate surface area is 305 Å². The molecule has 10 nitrogen and oxygen atoms in total. The number of hydrogen-bond donors (Lipinski definition) is 1. The molecule has 242 valence electrons. The van der Waals surface area contributed by atoms with E-state index < -0.39 is 32.5 Å². The van der Waals surface area contributed by atoms with E-state index in [1.54, 1.807) is 0 Å². The number of amides is 1. The number of hydrogen-bond acceptors (Lipinski definition) is 9. The molecule has 0 radical (unpaired) electrons. The van der Waals surface area contributed by atoms with Gasteiger partial charge >= 0.3 is 71.1 Å². The Hall–Kier alpha value is 0.520. The van der Waals surface area contributed by atoms with Crippen molar-refractivity contribution in [3.63, 3.8) is 0 Å². The van der Waals surface area contributed by atoms with Gasteiger partial charge in [0.2, 0.25) is 5.91 Å². The molecule has 0 aromatic carbocycles. The molecule has 0 aliphatic heterocycles. The summed E-state index contributed by atoms with van der Waals surface area (Å²) >= 11 is 0. The summed E-state index contributed by atoms with van der Waals surface area (Å²) in [6.07, 6.45) is 19.9. The molecule has 0 bridgehead atoms. The second-order valence-corrected chi connectivity index (χ2v) is 12.0. The quantitative estimate of drug-likeness (QED) is 0.0495. The molecule has 1 atom stereocenters. The molecule has 0 fully saturated rings. The van der Waals surface area contributed by atoms with E-state index in [2.05, 4.69) is 16.8 Å². The second-order valence-electron chi connectivity index (χ2n) is 10.9. The van der Waals surface area contributed by atoms with Crippen molar-refractivity contribution < 1.29 is 102 Å². The average molecular weight is 652 g/mol. The number of phosphoric ester groups is 1. The van der Waals surface area contributed by atoms with Crippen molar-refractivity contribution in [3.05, 3.63) is 0 Å². The summed E-state index contributed by atoms with van der Waals surface area (Å²) in [6, 6.07) is 0. The van der Waals surface area contributed by atoms with Crippen LogP contribution in [-0.4, -0.2) is 43.7 Å². The first kappa shape index (κ1) is 47.9. The molecule has 0 aromatic heterocycles. The maximum atomic E-state index is 12.2. The number of phosphoric acid groups is 1. The monoisotopic (exact) mass is 651 g/mol. The van der Waals surface area contributed by atoms with Crippen LogP contribution in [-0.2, 0) is 32.9 Å². The summed E-state index contributed by atoms with van der Waals surface area (Å²) in [6.45, 7) is 3.38. The number of carbonyl (C=O) groups is 3. The minimum absolute atomic E-state index is 0. The van der Waals surface area contributed by atoms with Gasteiger partial charge in [-0.15, -0.1) is 0 Å². The van der Waals surface area contributed by atoms with Crippen LogP contribution in [0.5, 0.6) is 0 Å². The van der Waals surface area contributed by atoms with Crippen molar-refractivity contribution >= 4 is 25.7 Å². The summed E-state index contributed by atoms with van der Waals surface area (Å²) in [4.78, 5) is 56.9. The summed E-state index contributed by atoms with van der Waals surface area (Å²) < 4.78 is 25.5. The van der Waals surface area contributed by atoms with Gasteiger partial charge in [0.1, 0.15) is 6.61 Å². The van der Waals surface area contributed by atoms with Gasteiger partial charge in [-0.2, -0.15) is 0 Å². The zero-order valence-corrected chi connectivity index (χ0v) is 32.6. The number of ether oxygens (including phenoxy) is 2. The van der Waals surface area contributed by atoms with Crippen LogP contribution < -0.4 is 74.2 Å². The topological polar surface area (TPSA) is 154 Å². The van der Waals surface area contributed by atoms with E-state index in [0.717, 1.165) is 57.8 Å². The minimum Gasteiger partial charge on any atom is -0.790 e. The number of rotatable bonds is 29. The zero-order valence-electron chi connectivity index (χ0n) is 27.7. The Balaban J connectivity index is -0.00000800. The fraction of sp³-hybridized carbons (Fsp3) is 0.900. The number of nitrogens with one attached hydrogen (secondary N) is 1. The minimum atomic E-state index is -5.25. The van der Waals surface area contributed by atoms with Crippen molar-refractivity contribution in [1.82, 2.24) is 5.32 Å². The fourth-order valence-corrected chi connectivity index (χ4v) is 4.80. The van der Waals surface area contributed by atoms with E-state index in [9.17, 15) is 28.7 Å². The van der Waals surface area contributed by atoms with Gasteiger partial charge in [-0.25, -0.2) is 0 Å². The Morgan fingerprint density at radius 3 is 1.51 bits per heavy atom. The van der Waals surface area contributed by atoms with E-state index >= 15 is 0 Å². The van der Waals surface area contributed by atoms with Crippen LogP contribution in [0.2, 0.25) is 0 Å². The average Bonchev–Trinajstić information content (AvgIpc) is 2.91. The van der Waals surface area contributed by atoms with Gasteiger partial charge in [-0.3, -0.25) is 14.4 Å². The van der Waals surface area contributed by atoms with Gasteiger partial charge in [0, 0.05) is 26.3 Å². The second kappa shape index (κ2) is 33.9. The van der Waals surface area contributed by atoms with E-state index in [4.69, 9.17) is 9.47 Å². The van der Waals surface area contributed by atoms with Crippen molar-refractivity contribution in [2.45, 2.75) is 155 Å². The fourth-order valence-electron chi connectivity index (χ4n) is 4.45. The summed E-state index contributed by atoms with van der Waals surface area (Å²) in [7, 11) is -5.25. The summed E-state index contributed by atoms with van der Waals surface area (Å²) in [5, 5.41) is 2.77. The molecule has 13 heteroatoms. The van der Waals surface area contributed by atoms with Crippen molar-refractivity contribution in [2.24, 2.45) is 0 Å². The van der Waals surface area contributed by atoms with E-state index in [1.807, 2.05) is 0 Å². The number of carbonyl (C=O) groups excluding carboxylic acids is 3. The number of esters is 2. The van der Waals surface area contributed by atoms with Crippen LogP contribution in [0.3, 0.4) is 0 Å². The third kappa shape index (κ3) is 38.6. The van der Waals surface area contributed by atoms with Crippen LogP contribution in [0.25, 0.3) is 0 Å². The predicted molar refractivity (Wildman–Crippen MR) is 156 cm³/mol. The molecule has 0 heterocycles. The zero-order chi connectivity index (χ0) is 30.6. The van der Waals surface area contributed by atoms with Crippen LogP contribution in [0.15, 0.2) is 0 Å². The van der Waals surface area contributed by atoms with Crippen LogP contribution >= 0.6 is 7.82 Å². The Morgan fingerprint density at radius 2 is 1.07 bits per heavy atom. The van der Waals surface area contributed by atoms with E-state index in [1.165, 1.54) is 58.3 Å². The smallest absolute Gasteiger partial charge is 0.790 e.